The number of aliphatic hydroxyl groups is 1. The summed E-state index contributed by atoms with van der Waals surface area (Å²) in [6, 6.07) is 4.20. The SMILES string of the molecule is Cc1ccc(CCO)c(OC2CCCC2)c1C. The van der Waals surface area contributed by atoms with Crippen LogP contribution in [0.25, 0.3) is 0 Å². The third-order valence-electron chi connectivity index (χ3n) is 3.73. The molecule has 0 heterocycles. The lowest BCUT2D eigenvalue weighted by Crippen LogP contribution is -2.14. The molecule has 2 heteroatoms. The van der Waals surface area contributed by atoms with Gasteiger partial charge in [0.2, 0.25) is 0 Å². The van der Waals surface area contributed by atoms with Crippen LogP contribution in [-0.4, -0.2) is 17.8 Å². The van der Waals surface area contributed by atoms with E-state index in [1.165, 1.54) is 36.8 Å². The zero-order valence-electron chi connectivity index (χ0n) is 10.8. The van der Waals surface area contributed by atoms with Crippen molar-refractivity contribution in [2.45, 2.75) is 52.1 Å². The van der Waals surface area contributed by atoms with Gasteiger partial charge in [-0.2, -0.15) is 0 Å². The molecule has 0 aromatic heterocycles. The van der Waals surface area contributed by atoms with E-state index in [4.69, 9.17) is 9.84 Å². The standard InChI is InChI=1S/C15H22O2/c1-11-7-8-13(9-10-16)15(12(11)2)17-14-5-3-4-6-14/h7-8,14,16H,3-6,9-10H2,1-2H3. The van der Waals surface area contributed by atoms with Crippen LogP contribution in [0.1, 0.15) is 42.4 Å². The first-order chi connectivity index (χ1) is 8.22. The molecule has 0 saturated heterocycles. The summed E-state index contributed by atoms with van der Waals surface area (Å²) >= 11 is 0. The summed E-state index contributed by atoms with van der Waals surface area (Å²) in [7, 11) is 0. The monoisotopic (exact) mass is 234 g/mol. The normalized spacial score (nSPS) is 16.4. The van der Waals surface area contributed by atoms with Gasteiger partial charge in [0, 0.05) is 6.61 Å². The minimum absolute atomic E-state index is 0.184. The van der Waals surface area contributed by atoms with E-state index in [-0.39, 0.29) is 6.61 Å². The van der Waals surface area contributed by atoms with Crippen molar-refractivity contribution in [2.24, 2.45) is 0 Å². The molecule has 0 bridgehead atoms. The highest BCUT2D eigenvalue weighted by atomic mass is 16.5. The van der Waals surface area contributed by atoms with Gasteiger partial charge >= 0.3 is 0 Å². The molecule has 1 aromatic rings. The van der Waals surface area contributed by atoms with Crippen molar-refractivity contribution in [2.75, 3.05) is 6.61 Å². The van der Waals surface area contributed by atoms with Gasteiger partial charge in [0.25, 0.3) is 0 Å². The maximum absolute atomic E-state index is 9.11. The molecule has 1 aliphatic carbocycles. The molecule has 0 radical (unpaired) electrons. The van der Waals surface area contributed by atoms with Gasteiger partial charge in [-0.3, -0.25) is 0 Å². The van der Waals surface area contributed by atoms with Gasteiger partial charge in [-0.1, -0.05) is 12.1 Å². The van der Waals surface area contributed by atoms with Crippen molar-refractivity contribution in [3.63, 3.8) is 0 Å². The highest BCUT2D eigenvalue weighted by Gasteiger charge is 2.19. The van der Waals surface area contributed by atoms with Crippen LogP contribution < -0.4 is 4.74 Å². The third kappa shape index (κ3) is 2.81. The van der Waals surface area contributed by atoms with Crippen molar-refractivity contribution >= 4 is 0 Å². The molecule has 1 saturated carbocycles. The zero-order valence-corrected chi connectivity index (χ0v) is 10.8. The second kappa shape index (κ2) is 5.54. The predicted molar refractivity (Wildman–Crippen MR) is 69.6 cm³/mol. The van der Waals surface area contributed by atoms with Crippen LogP contribution in [0.3, 0.4) is 0 Å². The largest absolute Gasteiger partial charge is 0.490 e. The van der Waals surface area contributed by atoms with Crippen LogP contribution in [0, 0.1) is 13.8 Å². The van der Waals surface area contributed by atoms with Crippen LogP contribution in [0.15, 0.2) is 12.1 Å². The van der Waals surface area contributed by atoms with Gasteiger partial charge in [0.15, 0.2) is 0 Å². The van der Waals surface area contributed by atoms with Crippen LogP contribution in [0.4, 0.5) is 0 Å². The van der Waals surface area contributed by atoms with Crippen molar-refractivity contribution in [1.29, 1.82) is 0 Å². The topological polar surface area (TPSA) is 29.5 Å². The smallest absolute Gasteiger partial charge is 0.126 e. The van der Waals surface area contributed by atoms with Crippen molar-refractivity contribution < 1.29 is 9.84 Å². The Morgan fingerprint density at radius 2 is 1.94 bits per heavy atom. The molecular formula is C15H22O2. The Morgan fingerprint density at radius 1 is 1.24 bits per heavy atom. The summed E-state index contributed by atoms with van der Waals surface area (Å²) in [6.45, 7) is 4.41. The molecule has 2 nitrogen and oxygen atoms in total. The van der Waals surface area contributed by atoms with E-state index in [1.54, 1.807) is 0 Å². The van der Waals surface area contributed by atoms with E-state index in [2.05, 4.69) is 26.0 Å². The molecule has 0 aliphatic heterocycles. The van der Waals surface area contributed by atoms with Gasteiger partial charge in [-0.15, -0.1) is 0 Å². The molecule has 1 N–H and O–H groups in total. The van der Waals surface area contributed by atoms with Gasteiger partial charge in [0.05, 0.1) is 6.10 Å². The highest BCUT2D eigenvalue weighted by molar-refractivity contribution is 5.45. The van der Waals surface area contributed by atoms with E-state index >= 15 is 0 Å². The second-order valence-corrected chi connectivity index (χ2v) is 4.99. The molecule has 94 valence electrons. The maximum Gasteiger partial charge on any atom is 0.126 e. The van der Waals surface area contributed by atoms with E-state index in [9.17, 15) is 0 Å². The Labute approximate surface area is 104 Å². The molecule has 1 aromatic carbocycles. The lowest BCUT2D eigenvalue weighted by molar-refractivity contribution is 0.204. The summed E-state index contributed by atoms with van der Waals surface area (Å²) < 4.78 is 6.16. The summed E-state index contributed by atoms with van der Waals surface area (Å²) in [5.41, 5.74) is 3.63. The molecular weight excluding hydrogens is 212 g/mol. The Balaban J connectivity index is 2.24. The number of hydrogen-bond acceptors (Lipinski definition) is 2. The van der Waals surface area contributed by atoms with Crippen LogP contribution >= 0.6 is 0 Å². The average Bonchev–Trinajstić information content (AvgIpc) is 2.81. The maximum atomic E-state index is 9.11. The number of aliphatic hydroxyl groups excluding tert-OH is 1. The van der Waals surface area contributed by atoms with E-state index in [0.717, 1.165) is 11.3 Å². The number of benzene rings is 1. The lowest BCUT2D eigenvalue weighted by Gasteiger charge is -2.19. The van der Waals surface area contributed by atoms with E-state index in [0.29, 0.717) is 12.5 Å². The summed E-state index contributed by atoms with van der Waals surface area (Å²) in [5.74, 6) is 1.02. The summed E-state index contributed by atoms with van der Waals surface area (Å²) in [5, 5.41) is 9.11. The quantitative estimate of drug-likeness (QED) is 0.867. The van der Waals surface area contributed by atoms with Crippen molar-refractivity contribution in [1.82, 2.24) is 0 Å². The number of hydrogen-bond donors (Lipinski definition) is 1. The molecule has 0 unspecified atom stereocenters. The van der Waals surface area contributed by atoms with E-state index < -0.39 is 0 Å². The minimum Gasteiger partial charge on any atom is -0.490 e. The number of rotatable bonds is 4. The lowest BCUT2D eigenvalue weighted by atomic mass is 10.0. The minimum atomic E-state index is 0.184. The zero-order chi connectivity index (χ0) is 12.3. The molecule has 1 fully saturated rings. The fraction of sp³-hybridized carbons (Fsp3) is 0.600. The summed E-state index contributed by atoms with van der Waals surface area (Å²) in [6.07, 6.45) is 5.98. The van der Waals surface area contributed by atoms with Crippen LogP contribution in [0.2, 0.25) is 0 Å². The van der Waals surface area contributed by atoms with E-state index in [1.807, 2.05) is 0 Å². The Morgan fingerprint density at radius 3 is 2.59 bits per heavy atom. The molecule has 0 spiro atoms. The Kier molecular flexibility index (Phi) is 4.06. The Bertz CT molecular complexity index is 379. The fourth-order valence-electron chi connectivity index (χ4n) is 2.50. The summed E-state index contributed by atoms with van der Waals surface area (Å²) in [4.78, 5) is 0. The first-order valence-electron chi connectivity index (χ1n) is 6.59. The molecule has 0 amide bonds. The first kappa shape index (κ1) is 12.4. The van der Waals surface area contributed by atoms with Gasteiger partial charge in [-0.05, 0) is 62.6 Å². The van der Waals surface area contributed by atoms with Gasteiger partial charge < -0.3 is 9.84 Å². The first-order valence-corrected chi connectivity index (χ1v) is 6.59. The number of ether oxygens (including phenoxy) is 1. The highest BCUT2D eigenvalue weighted by Crippen LogP contribution is 2.31. The Hall–Kier alpha value is -1.02. The molecule has 1 aliphatic rings. The van der Waals surface area contributed by atoms with Gasteiger partial charge in [-0.25, -0.2) is 0 Å². The predicted octanol–water partition coefficient (Wildman–Crippen LogP) is 3.16. The molecule has 0 atom stereocenters. The molecule has 17 heavy (non-hydrogen) atoms. The van der Waals surface area contributed by atoms with Crippen molar-refractivity contribution in [3.05, 3.63) is 28.8 Å². The van der Waals surface area contributed by atoms with Crippen LogP contribution in [0.5, 0.6) is 5.75 Å². The molecule has 2 rings (SSSR count). The number of aryl methyl sites for hydroxylation is 1. The average molecular weight is 234 g/mol. The fourth-order valence-corrected chi connectivity index (χ4v) is 2.50. The van der Waals surface area contributed by atoms with Gasteiger partial charge in [0.1, 0.15) is 5.75 Å². The van der Waals surface area contributed by atoms with Crippen molar-refractivity contribution in [3.8, 4) is 5.75 Å². The third-order valence-corrected chi connectivity index (χ3v) is 3.73. The van der Waals surface area contributed by atoms with Crippen LogP contribution in [-0.2, 0) is 6.42 Å². The second-order valence-electron chi connectivity index (χ2n) is 4.99.